The Morgan fingerprint density at radius 2 is 1.36 bits per heavy atom. The number of pyridine rings is 1. The SMILES string of the molecule is CCOc1cc(OCC)cc(-n2cc(C(=O)N(CC)c3cc(OC)cc(OC)c3)c(=O)c3ccc(OCCCCCCC[N+]4(C)CCCCC4)cc32)c1. The monoisotopic (exact) mass is 728 g/mol. The van der Waals surface area contributed by atoms with E-state index < -0.39 is 5.91 Å². The minimum Gasteiger partial charge on any atom is -0.497 e. The molecule has 0 atom stereocenters. The fourth-order valence-electron chi connectivity index (χ4n) is 7.31. The molecule has 0 spiro atoms. The van der Waals surface area contributed by atoms with Crippen molar-refractivity contribution in [2.45, 2.75) is 72.1 Å². The summed E-state index contributed by atoms with van der Waals surface area (Å²) in [7, 11) is 5.54. The van der Waals surface area contributed by atoms with Gasteiger partial charge >= 0.3 is 0 Å². The van der Waals surface area contributed by atoms with Gasteiger partial charge < -0.3 is 37.6 Å². The molecule has 0 radical (unpaired) electrons. The second-order valence-electron chi connectivity index (χ2n) is 14.0. The van der Waals surface area contributed by atoms with Crippen molar-refractivity contribution in [1.29, 1.82) is 0 Å². The zero-order chi connectivity index (χ0) is 37.8. The summed E-state index contributed by atoms with van der Waals surface area (Å²) in [4.78, 5) is 30.1. The summed E-state index contributed by atoms with van der Waals surface area (Å²) in [5, 5.41) is 0.396. The number of amides is 1. The Morgan fingerprint density at radius 3 is 1.98 bits per heavy atom. The Labute approximate surface area is 314 Å². The molecule has 4 aromatic rings. The number of unbranched alkanes of at least 4 members (excludes halogenated alkanes) is 4. The molecule has 286 valence electrons. The Morgan fingerprint density at radius 1 is 0.736 bits per heavy atom. The van der Waals surface area contributed by atoms with Gasteiger partial charge in [0.25, 0.3) is 5.91 Å². The molecule has 1 aromatic heterocycles. The molecule has 1 aliphatic heterocycles. The third-order valence-corrected chi connectivity index (χ3v) is 10.2. The van der Waals surface area contributed by atoms with Crippen LogP contribution in [0.4, 0.5) is 5.69 Å². The lowest BCUT2D eigenvalue weighted by Gasteiger charge is -2.37. The molecule has 0 bridgehead atoms. The van der Waals surface area contributed by atoms with Gasteiger partial charge in [0.2, 0.25) is 5.43 Å². The fourth-order valence-corrected chi connectivity index (χ4v) is 7.31. The quantitative estimate of drug-likeness (QED) is 0.0708. The molecule has 0 saturated carbocycles. The van der Waals surface area contributed by atoms with Crippen molar-refractivity contribution in [3.05, 3.63) is 76.6 Å². The summed E-state index contributed by atoms with van der Waals surface area (Å²) >= 11 is 0. The Kier molecular flexibility index (Phi) is 14.1. The molecule has 2 heterocycles. The van der Waals surface area contributed by atoms with Crippen molar-refractivity contribution in [2.75, 3.05) is 72.2 Å². The topological polar surface area (TPSA) is 88.5 Å². The second kappa shape index (κ2) is 18.9. The summed E-state index contributed by atoms with van der Waals surface area (Å²) < 4.78 is 32.1. The zero-order valence-electron chi connectivity index (χ0n) is 32.6. The van der Waals surface area contributed by atoms with Crippen LogP contribution in [-0.4, -0.2) is 82.2 Å². The molecule has 5 rings (SSSR count). The van der Waals surface area contributed by atoms with E-state index in [1.165, 1.54) is 62.6 Å². The summed E-state index contributed by atoms with van der Waals surface area (Å²) in [6.45, 7) is 11.5. The van der Waals surface area contributed by atoms with E-state index in [1.54, 1.807) is 49.6 Å². The normalized spacial score (nSPS) is 13.8. The minimum atomic E-state index is -0.443. The van der Waals surface area contributed by atoms with Crippen LogP contribution in [0, 0.1) is 0 Å². The number of carbonyl (C=O) groups excluding carboxylic acids is 1. The van der Waals surface area contributed by atoms with Crippen LogP contribution >= 0.6 is 0 Å². The van der Waals surface area contributed by atoms with Gasteiger partial charge in [0.1, 0.15) is 34.3 Å². The van der Waals surface area contributed by atoms with Gasteiger partial charge in [0.05, 0.1) is 77.6 Å². The highest BCUT2D eigenvalue weighted by Crippen LogP contribution is 2.32. The van der Waals surface area contributed by atoms with Crippen LogP contribution < -0.4 is 34.0 Å². The first-order valence-electron chi connectivity index (χ1n) is 19.3. The maximum atomic E-state index is 14.4. The van der Waals surface area contributed by atoms with Gasteiger partial charge in [-0.25, -0.2) is 0 Å². The van der Waals surface area contributed by atoms with Crippen LogP contribution in [0.15, 0.2) is 65.6 Å². The molecule has 1 fully saturated rings. The molecule has 10 nitrogen and oxygen atoms in total. The first-order chi connectivity index (χ1) is 25.7. The smallest absolute Gasteiger partial charge is 0.263 e. The number of aromatic nitrogens is 1. The Hall–Kier alpha value is -4.70. The van der Waals surface area contributed by atoms with E-state index in [1.807, 2.05) is 55.7 Å². The number of anilines is 1. The molecule has 0 aliphatic carbocycles. The number of likely N-dealkylation sites (tertiary alicyclic amines) is 1. The Balaban J connectivity index is 1.43. The van der Waals surface area contributed by atoms with E-state index in [-0.39, 0.29) is 11.0 Å². The fraction of sp³-hybridized carbons (Fsp3) is 0.488. The summed E-state index contributed by atoms with van der Waals surface area (Å²) in [5.41, 5.74) is 1.50. The van der Waals surface area contributed by atoms with Crippen molar-refractivity contribution in [2.24, 2.45) is 0 Å². The van der Waals surface area contributed by atoms with Gasteiger partial charge in [-0.1, -0.05) is 12.8 Å². The molecular weight excluding hydrogens is 670 g/mol. The van der Waals surface area contributed by atoms with Gasteiger partial charge in [-0.3, -0.25) is 9.59 Å². The molecule has 3 aromatic carbocycles. The summed E-state index contributed by atoms with van der Waals surface area (Å²) in [5.74, 6) is 2.53. The van der Waals surface area contributed by atoms with Crippen LogP contribution in [0.5, 0.6) is 28.7 Å². The molecule has 53 heavy (non-hydrogen) atoms. The number of piperidine rings is 1. The molecule has 10 heteroatoms. The van der Waals surface area contributed by atoms with E-state index in [0.29, 0.717) is 77.4 Å². The maximum Gasteiger partial charge on any atom is 0.263 e. The molecule has 1 amide bonds. The maximum absolute atomic E-state index is 14.4. The van der Waals surface area contributed by atoms with Gasteiger partial charge in [0.15, 0.2) is 0 Å². The summed E-state index contributed by atoms with van der Waals surface area (Å²) in [6.07, 6.45) is 11.5. The third kappa shape index (κ3) is 10.0. The first kappa shape index (κ1) is 39.5. The van der Waals surface area contributed by atoms with Gasteiger partial charge in [-0.2, -0.15) is 0 Å². The predicted octanol–water partition coefficient (Wildman–Crippen LogP) is 8.43. The highest BCUT2D eigenvalue weighted by molar-refractivity contribution is 6.07. The number of fused-ring (bicyclic) bond motifs is 1. The molecule has 1 saturated heterocycles. The largest absolute Gasteiger partial charge is 0.497 e. The lowest BCUT2D eigenvalue weighted by atomic mass is 10.1. The predicted molar refractivity (Wildman–Crippen MR) is 212 cm³/mol. The van der Waals surface area contributed by atoms with Gasteiger partial charge in [-0.05, 0) is 71.4 Å². The molecule has 0 unspecified atom stereocenters. The molecular formula is C43H58N3O7+. The van der Waals surface area contributed by atoms with Crippen LogP contribution in [0.3, 0.4) is 0 Å². The van der Waals surface area contributed by atoms with Gasteiger partial charge in [0, 0.05) is 60.6 Å². The lowest BCUT2D eigenvalue weighted by Crippen LogP contribution is -2.48. The van der Waals surface area contributed by atoms with Crippen LogP contribution in [-0.2, 0) is 0 Å². The number of hydrogen-bond donors (Lipinski definition) is 0. The van der Waals surface area contributed by atoms with E-state index in [0.717, 1.165) is 12.8 Å². The van der Waals surface area contributed by atoms with Crippen molar-refractivity contribution in [3.8, 4) is 34.4 Å². The average Bonchev–Trinajstić information content (AvgIpc) is 3.16. The van der Waals surface area contributed by atoms with Crippen LogP contribution in [0.2, 0.25) is 0 Å². The van der Waals surface area contributed by atoms with E-state index >= 15 is 0 Å². The number of quaternary nitrogens is 1. The number of hydrogen-bond acceptors (Lipinski definition) is 7. The zero-order valence-corrected chi connectivity index (χ0v) is 32.6. The average molecular weight is 729 g/mol. The van der Waals surface area contributed by atoms with Gasteiger partial charge in [-0.15, -0.1) is 0 Å². The number of benzene rings is 3. The minimum absolute atomic E-state index is 0.0193. The number of ether oxygens (including phenoxy) is 5. The van der Waals surface area contributed by atoms with E-state index in [4.69, 9.17) is 23.7 Å². The molecule has 1 aliphatic rings. The summed E-state index contributed by atoms with van der Waals surface area (Å²) in [6, 6.07) is 16.3. The van der Waals surface area contributed by atoms with Crippen LogP contribution in [0.1, 0.15) is 82.5 Å². The van der Waals surface area contributed by atoms with E-state index in [9.17, 15) is 9.59 Å². The number of carbonyl (C=O) groups is 1. The van der Waals surface area contributed by atoms with E-state index in [2.05, 4.69) is 7.05 Å². The van der Waals surface area contributed by atoms with Crippen molar-refractivity contribution < 1.29 is 33.0 Å². The third-order valence-electron chi connectivity index (χ3n) is 10.2. The standard InChI is InChI=1S/C43H58N3O7/c1-7-44(32-24-35(49-5)28-36(25-32)50-6)43(48)40-31-45(33-26-37(51-8-2)29-38(27-33)52-9-3)41-30-34(18-19-39(41)42(40)47)53-23-17-12-10-11-14-20-46(4)21-15-13-16-22-46/h18-19,24-31H,7-17,20-23H2,1-6H3/q+1. The van der Waals surface area contributed by atoms with Crippen molar-refractivity contribution in [3.63, 3.8) is 0 Å². The van der Waals surface area contributed by atoms with Crippen molar-refractivity contribution >= 4 is 22.5 Å². The highest BCUT2D eigenvalue weighted by Gasteiger charge is 2.25. The second-order valence-corrected chi connectivity index (χ2v) is 14.0. The number of rotatable bonds is 19. The van der Waals surface area contributed by atoms with Crippen molar-refractivity contribution in [1.82, 2.24) is 4.57 Å². The van der Waals surface area contributed by atoms with Crippen LogP contribution in [0.25, 0.3) is 16.6 Å². The first-order valence-corrected chi connectivity index (χ1v) is 19.3. The number of methoxy groups -OCH3 is 2. The molecule has 0 N–H and O–H groups in total. The number of nitrogens with zero attached hydrogens (tertiary/aromatic N) is 3. The highest BCUT2D eigenvalue weighted by atomic mass is 16.5. The lowest BCUT2D eigenvalue weighted by molar-refractivity contribution is -0.914. The Bertz CT molecular complexity index is 1840.